The summed E-state index contributed by atoms with van der Waals surface area (Å²) >= 11 is 1.44. The summed E-state index contributed by atoms with van der Waals surface area (Å²) in [6.07, 6.45) is 6.02. The number of amides is 1. The molecule has 0 radical (unpaired) electrons. The van der Waals surface area contributed by atoms with Crippen LogP contribution in [0.3, 0.4) is 0 Å². The van der Waals surface area contributed by atoms with Crippen LogP contribution in [0.4, 0.5) is 5.13 Å². The van der Waals surface area contributed by atoms with Crippen molar-refractivity contribution in [2.45, 2.75) is 58.4 Å². The van der Waals surface area contributed by atoms with Gasteiger partial charge in [-0.05, 0) is 12.8 Å². The van der Waals surface area contributed by atoms with Gasteiger partial charge in [0.05, 0.1) is 6.04 Å². The summed E-state index contributed by atoms with van der Waals surface area (Å²) < 4.78 is 0. The van der Waals surface area contributed by atoms with Crippen LogP contribution in [0, 0.1) is 0 Å². The minimum Gasteiger partial charge on any atom is -0.320 e. The van der Waals surface area contributed by atoms with Crippen LogP contribution in [0.5, 0.6) is 0 Å². The van der Waals surface area contributed by atoms with Crippen LogP contribution >= 0.6 is 23.7 Å². The molecule has 1 aromatic heterocycles. The highest BCUT2D eigenvalue weighted by atomic mass is 35.5. The second-order valence-electron chi connectivity index (χ2n) is 4.34. The Labute approximate surface area is 124 Å². The second-order valence-corrected chi connectivity index (χ2v) is 5.40. The topological polar surface area (TPSA) is 80.9 Å². The maximum Gasteiger partial charge on any atom is 0.243 e. The van der Waals surface area contributed by atoms with E-state index in [2.05, 4.69) is 22.4 Å². The van der Waals surface area contributed by atoms with Gasteiger partial charge in [0.15, 0.2) is 0 Å². The first-order chi connectivity index (χ1) is 8.67. The predicted molar refractivity (Wildman–Crippen MR) is 81.9 cm³/mol. The molecule has 1 amide bonds. The number of carbonyl (C=O) groups is 1. The summed E-state index contributed by atoms with van der Waals surface area (Å²) in [5.41, 5.74) is 5.73. The van der Waals surface area contributed by atoms with Crippen molar-refractivity contribution in [1.29, 1.82) is 0 Å². The lowest BCUT2D eigenvalue weighted by Gasteiger charge is -2.08. The molecule has 1 rings (SSSR count). The van der Waals surface area contributed by atoms with E-state index in [1.807, 2.05) is 6.92 Å². The fourth-order valence-electron chi connectivity index (χ4n) is 1.57. The number of nitrogens with two attached hydrogens (primary N) is 1. The summed E-state index contributed by atoms with van der Waals surface area (Å²) in [6, 6.07) is -0.456. The van der Waals surface area contributed by atoms with Crippen LogP contribution in [0.15, 0.2) is 0 Å². The van der Waals surface area contributed by atoms with Gasteiger partial charge < -0.3 is 5.73 Å². The van der Waals surface area contributed by atoms with Gasteiger partial charge in [0.25, 0.3) is 0 Å². The number of aryl methyl sites for hydroxylation is 1. The normalized spacial score (nSPS) is 11.7. The Balaban J connectivity index is 0.00000324. The van der Waals surface area contributed by atoms with Crippen molar-refractivity contribution in [3.05, 3.63) is 5.01 Å². The van der Waals surface area contributed by atoms with Gasteiger partial charge >= 0.3 is 0 Å². The zero-order chi connectivity index (χ0) is 13.4. The molecular weight excluding hydrogens is 284 g/mol. The molecule has 0 aliphatic rings. The summed E-state index contributed by atoms with van der Waals surface area (Å²) in [6.45, 7) is 4.17. The number of nitrogens with one attached hydrogen (secondary N) is 1. The van der Waals surface area contributed by atoms with Crippen molar-refractivity contribution < 1.29 is 4.79 Å². The van der Waals surface area contributed by atoms with Gasteiger partial charge in [-0.2, -0.15) is 0 Å². The predicted octanol–water partition coefficient (Wildman–Crippen LogP) is 2.76. The van der Waals surface area contributed by atoms with Crippen molar-refractivity contribution >= 4 is 34.8 Å². The standard InChI is InChI=1S/C12H22N4OS.ClH/c1-3-5-6-8-10-15-16-12(18-10)14-11(17)9(13)7-4-2;/h9H,3-8,13H2,1-2H3,(H,14,16,17);1H. The van der Waals surface area contributed by atoms with E-state index < -0.39 is 6.04 Å². The van der Waals surface area contributed by atoms with Crippen LogP contribution in [0.2, 0.25) is 0 Å². The highest BCUT2D eigenvalue weighted by Gasteiger charge is 2.14. The number of aromatic nitrogens is 2. The quantitative estimate of drug-likeness (QED) is 0.724. The number of hydrogen-bond donors (Lipinski definition) is 2. The van der Waals surface area contributed by atoms with E-state index in [9.17, 15) is 4.79 Å². The number of carbonyl (C=O) groups excluding carboxylic acids is 1. The van der Waals surface area contributed by atoms with Gasteiger partial charge in [-0.3, -0.25) is 10.1 Å². The van der Waals surface area contributed by atoms with E-state index in [0.717, 1.165) is 24.3 Å². The zero-order valence-electron chi connectivity index (χ0n) is 11.5. The van der Waals surface area contributed by atoms with E-state index in [1.54, 1.807) is 0 Å². The molecule has 0 aliphatic carbocycles. The first-order valence-corrected chi connectivity index (χ1v) is 7.37. The molecule has 7 heteroatoms. The lowest BCUT2D eigenvalue weighted by atomic mass is 10.2. The molecule has 0 aliphatic heterocycles. The number of halogens is 1. The first-order valence-electron chi connectivity index (χ1n) is 6.56. The lowest BCUT2D eigenvalue weighted by molar-refractivity contribution is -0.117. The first kappa shape index (κ1) is 18.3. The highest BCUT2D eigenvalue weighted by molar-refractivity contribution is 7.15. The molecule has 1 unspecified atom stereocenters. The van der Waals surface area contributed by atoms with Crippen LogP contribution in [-0.4, -0.2) is 22.1 Å². The minimum absolute atomic E-state index is 0. The van der Waals surface area contributed by atoms with Crippen molar-refractivity contribution in [1.82, 2.24) is 10.2 Å². The molecule has 19 heavy (non-hydrogen) atoms. The van der Waals surface area contributed by atoms with Crippen LogP contribution in [0.1, 0.15) is 51.0 Å². The van der Waals surface area contributed by atoms with E-state index in [0.29, 0.717) is 11.6 Å². The van der Waals surface area contributed by atoms with Gasteiger partial charge in [-0.15, -0.1) is 22.6 Å². The molecule has 0 aromatic carbocycles. The molecule has 5 nitrogen and oxygen atoms in total. The summed E-state index contributed by atoms with van der Waals surface area (Å²) in [5.74, 6) is -0.173. The third-order valence-corrected chi connectivity index (χ3v) is 3.53. The molecule has 0 fully saturated rings. The fraction of sp³-hybridized carbons (Fsp3) is 0.750. The minimum atomic E-state index is -0.456. The SMILES string of the molecule is CCCCCc1nnc(NC(=O)C(N)CCC)s1.Cl. The Morgan fingerprint density at radius 2 is 2.05 bits per heavy atom. The van der Waals surface area contributed by atoms with Gasteiger partial charge in [-0.1, -0.05) is 44.4 Å². The Morgan fingerprint density at radius 1 is 1.32 bits per heavy atom. The Kier molecular flexibility index (Phi) is 9.73. The van der Waals surface area contributed by atoms with Gasteiger partial charge in [0, 0.05) is 6.42 Å². The molecular formula is C12H23ClN4OS. The summed E-state index contributed by atoms with van der Waals surface area (Å²) in [7, 11) is 0. The smallest absolute Gasteiger partial charge is 0.243 e. The van der Waals surface area contributed by atoms with E-state index in [1.165, 1.54) is 24.2 Å². The van der Waals surface area contributed by atoms with Crippen LogP contribution in [-0.2, 0) is 11.2 Å². The average molecular weight is 307 g/mol. The van der Waals surface area contributed by atoms with Crippen molar-refractivity contribution in [2.75, 3.05) is 5.32 Å². The Morgan fingerprint density at radius 3 is 2.68 bits per heavy atom. The number of rotatable bonds is 8. The van der Waals surface area contributed by atoms with Crippen LogP contribution < -0.4 is 11.1 Å². The number of anilines is 1. The lowest BCUT2D eigenvalue weighted by Crippen LogP contribution is -2.35. The molecule has 3 N–H and O–H groups in total. The third kappa shape index (κ3) is 6.84. The Hall–Kier alpha value is -0.720. The molecule has 0 bridgehead atoms. The molecule has 1 heterocycles. The van der Waals surface area contributed by atoms with Gasteiger partial charge in [0.1, 0.15) is 5.01 Å². The molecule has 1 aromatic rings. The van der Waals surface area contributed by atoms with Crippen molar-refractivity contribution in [3.63, 3.8) is 0 Å². The average Bonchev–Trinajstić information content (AvgIpc) is 2.77. The van der Waals surface area contributed by atoms with E-state index in [-0.39, 0.29) is 18.3 Å². The number of unbranched alkanes of at least 4 members (excludes halogenated alkanes) is 2. The van der Waals surface area contributed by atoms with Gasteiger partial charge in [0.2, 0.25) is 11.0 Å². The largest absolute Gasteiger partial charge is 0.320 e. The van der Waals surface area contributed by atoms with E-state index in [4.69, 9.17) is 5.73 Å². The monoisotopic (exact) mass is 306 g/mol. The summed E-state index contributed by atoms with van der Waals surface area (Å²) in [5, 5.41) is 12.3. The fourth-order valence-corrected chi connectivity index (χ4v) is 2.36. The highest BCUT2D eigenvalue weighted by Crippen LogP contribution is 2.17. The van der Waals surface area contributed by atoms with Crippen molar-refractivity contribution in [2.24, 2.45) is 5.73 Å². The summed E-state index contributed by atoms with van der Waals surface area (Å²) in [4.78, 5) is 11.7. The zero-order valence-corrected chi connectivity index (χ0v) is 13.1. The maximum absolute atomic E-state index is 11.7. The molecule has 0 saturated heterocycles. The molecule has 0 spiro atoms. The third-order valence-electron chi connectivity index (χ3n) is 2.63. The molecule has 1 atom stereocenters. The van der Waals surface area contributed by atoms with Crippen LogP contribution in [0.25, 0.3) is 0 Å². The Bertz CT molecular complexity index is 372. The van der Waals surface area contributed by atoms with Crippen molar-refractivity contribution in [3.8, 4) is 0 Å². The second kappa shape index (κ2) is 10.1. The number of nitrogens with zero attached hydrogens (tertiary/aromatic N) is 2. The van der Waals surface area contributed by atoms with E-state index >= 15 is 0 Å². The molecule has 0 saturated carbocycles. The maximum atomic E-state index is 11.7. The molecule has 110 valence electrons. The number of hydrogen-bond acceptors (Lipinski definition) is 5. The van der Waals surface area contributed by atoms with Gasteiger partial charge in [-0.25, -0.2) is 0 Å².